The molecule has 0 aliphatic rings. The third-order valence-corrected chi connectivity index (χ3v) is 3.68. The second-order valence-electron chi connectivity index (χ2n) is 5.46. The van der Waals surface area contributed by atoms with E-state index in [4.69, 9.17) is 0 Å². The smallest absolute Gasteiger partial charge is 0.227 e. The van der Waals surface area contributed by atoms with Crippen molar-refractivity contribution in [1.29, 1.82) is 0 Å². The molecule has 2 heteroatoms. The lowest BCUT2D eigenvalue weighted by molar-refractivity contribution is -0.122. The van der Waals surface area contributed by atoms with Crippen molar-refractivity contribution >= 4 is 5.91 Å². The van der Waals surface area contributed by atoms with Crippen molar-refractivity contribution in [2.24, 2.45) is 0 Å². The molecule has 0 aromatic heterocycles. The fourth-order valence-electron chi connectivity index (χ4n) is 2.44. The second kappa shape index (κ2) is 7.63. The lowest BCUT2D eigenvalue weighted by Gasteiger charge is -2.16. The highest BCUT2D eigenvalue weighted by molar-refractivity contribution is 5.83. The number of carbonyl (C=O) groups excluding carboxylic acids is 1. The van der Waals surface area contributed by atoms with Crippen LogP contribution in [-0.4, -0.2) is 5.91 Å². The molecule has 0 fully saturated rings. The van der Waals surface area contributed by atoms with E-state index in [-0.39, 0.29) is 11.8 Å². The molecule has 0 spiro atoms. The average molecular weight is 281 g/mol. The second-order valence-corrected chi connectivity index (χ2v) is 5.46. The van der Waals surface area contributed by atoms with E-state index >= 15 is 0 Å². The number of rotatable bonds is 6. The van der Waals surface area contributed by atoms with E-state index in [1.165, 1.54) is 5.56 Å². The lowest BCUT2D eigenvalue weighted by Crippen LogP contribution is -2.29. The normalized spacial score (nSPS) is 11.9. The van der Waals surface area contributed by atoms with E-state index in [1.54, 1.807) is 0 Å². The zero-order chi connectivity index (χ0) is 15.1. The third-order valence-electron chi connectivity index (χ3n) is 3.68. The van der Waals surface area contributed by atoms with Gasteiger partial charge in [-0.05, 0) is 24.5 Å². The first kappa shape index (κ1) is 15.3. The summed E-state index contributed by atoms with van der Waals surface area (Å²) in [6.45, 7) is 4.77. The molecule has 0 heterocycles. The first-order valence-corrected chi connectivity index (χ1v) is 7.59. The highest BCUT2D eigenvalue weighted by atomic mass is 16.1. The Morgan fingerprint density at radius 1 is 1.05 bits per heavy atom. The maximum Gasteiger partial charge on any atom is 0.227 e. The predicted octanol–water partition coefficient (Wildman–Crippen LogP) is 4.20. The van der Waals surface area contributed by atoms with Crippen LogP contribution in [0, 0.1) is 6.92 Å². The van der Waals surface area contributed by atoms with Crippen LogP contribution < -0.4 is 5.32 Å². The zero-order valence-corrected chi connectivity index (χ0v) is 12.8. The molecule has 2 nitrogen and oxygen atoms in total. The Kier molecular flexibility index (Phi) is 5.56. The Labute approximate surface area is 127 Å². The number of benzene rings is 2. The number of hydrogen-bond donors (Lipinski definition) is 1. The van der Waals surface area contributed by atoms with E-state index in [0.29, 0.717) is 6.54 Å². The van der Waals surface area contributed by atoms with Crippen molar-refractivity contribution in [3.05, 3.63) is 71.3 Å². The van der Waals surface area contributed by atoms with Gasteiger partial charge >= 0.3 is 0 Å². The molecule has 2 rings (SSSR count). The molecule has 0 bridgehead atoms. The molecule has 21 heavy (non-hydrogen) atoms. The molecule has 1 atom stereocenters. The van der Waals surface area contributed by atoms with Crippen LogP contribution in [0.3, 0.4) is 0 Å². The molecular formula is C19H23NO. The minimum Gasteiger partial charge on any atom is -0.351 e. The molecule has 0 saturated carbocycles. The van der Waals surface area contributed by atoms with Gasteiger partial charge in [-0.3, -0.25) is 4.79 Å². The summed E-state index contributed by atoms with van der Waals surface area (Å²) in [6.07, 6.45) is 1.88. The standard InChI is InChI=1S/C19H23NO/c1-3-7-18(17-8-5-4-6-9-17)19(21)20-14-16-12-10-15(2)11-13-16/h4-6,8-13,18H,3,7,14H2,1-2H3,(H,20,21)/t18-/m1/s1. The molecule has 2 aromatic rings. The van der Waals surface area contributed by atoms with Gasteiger partial charge < -0.3 is 5.32 Å². The molecule has 1 amide bonds. The minimum absolute atomic E-state index is 0.0540. The molecular weight excluding hydrogens is 258 g/mol. The monoisotopic (exact) mass is 281 g/mol. The largest absolute Gasteiger partial charge is 0.351 e. The van der Waals surface area contributed by atoms with Gasteiger partial charge in [0.2, 0.25) is 5.91 Å². The van der Waals surface area contributed by atoms with E-state index in [2.05, 4.69) is 43.4 Å². The predicted molar refractivity (Wildman–Crippen MR) is 87.1 cm³/mol. The van der Waals surface area contributed by atoms with Crippen molar-refractivity contribution < 1.29 is 4.79 Å². The van der Waals surface area contributed by atoms with Crippen LogP contribution in [0.4, 0.5) is 0 Å². The van der Waals surface area contributed by atoms with Crippen molar-refractivity contribution in [3.8, 4) is 0 Å². The number of amides is 1. The van der Waals surface area contributed by atoms with E-state index in [0.717, 1.165) is 24.0 Å². The molecule has 0 saturated heterocycles. The Hall–Kier alpha value is -2.09. The molecule has 0 aliphatic heterocycles. The molecule has 2 aromatic carbocycles. The lowest BCUT2D eigenvalue weighted by atomic mass is 9.93. The van der Waals surface area contributed by atoms with Gasteiger partial charge in [0.15, 0.2) is 0 Å². The summed E-state index contributed by atoms with van der Waals surface area (Å²) in [5, 5.41) is 3.06. The number of hydrogen-bond acceptors (Lipinski definition) is 1. The van der Waals surface area contributed by atoms with Gasteiger partial charge in [-0.1, -0.05) is 73.5 Å². The van der Waals surface area contributed by atoms with Gasteiger partial charge in [-0.15, -0.1) is 0 Å². The van der Waals surface area contributed by atoms with Crippen molar-refractivity contribution in [3.63, 3.8) is 0 Å². The van der Waals surface area contributed by atoms with Gasteiger partial charge in [0, 0.05) is 6.54 Å². The SMILES string of the molecule is CCC[C@@H](C(=O)NCc1ccc(C)cc1)c1ccccc1. The fraction of sp³-hybridized carbons (Fsp3) is 0.316. The van der Waals surface area contributed by atoms with Crippen LogP contribution in [0.5, 0.6) is 0 Å². The minimum atomic E-state index is -0.0540. The Balaban J connectivity index is 2.00. The summed E-state index contributed by atoms with van der Waals surface area (Å²) in [4.78, 5) is 12.5. The van der Waals surface area contributed by atoms with Crippen LogP contribution in [0.15, 0.2) is 54.6 Å². The van der Waals surface area contributed by atoms with E-state index < -0.39 is 0 Å². The summed E-state index contributed by atoms with van der Waals surface area (Å²) in [5.74, 6) is 0.0604. The summed E-state index contributed by atoms with van der Waals surface area (Å²) >= 11 is 0. The van der Waals surface area contributed by atoms with Crippen molar-refractivity contribution in [2.75, 3.05) is 0 Å². The molecule has 1 N–H and O–H groups in total. The number of nitrogens with one attached hydrogen (secondary N) is 1. The van der Waals surface area contributed by atoms with Crippen LogP contribution in [0.2, 0.25) is 0 Å². The Morgan fingerprint density at radius 3 is 2.33 bits per heavy atom. The fourth-order valence-corrected chi connectivity index (χ4v) is 2.44. The highest BCUT2D eigenvalue weighted by Gasteiger charge is 2.18. The maximum absolute atomic E-state index is 12.5. The summed E-state index contributed by atoms with van der Waals surface area (Å²) in [6, 6.07) is 18.3. The zero-order valence-electron chi connectivity index (χ0n) is 12.8. The van der Waals surface area contributed by atoms with Crippen LogP contribution >= 0.6 is 0 Å². The summed E-state index contributed by atoms with van der Waals surface area (Å²) in [7, 11) is 0. The Morgan fingerprint density at radius 2 is 1.71 bits per heavy atom. The van der Waals surface area contributed by atoms with Crippen molar-refractivity contribution in [1.82, 2.24) is 5.32 Å². The van der Waals surface area contributed by atoms with Gasteiger partial charge in [0.1, 0.15) is 0 Å². The van der Waals surface area contributed by atoms with Crippen LogP contribution in [0.25, 0.3) is 0 Å². The summed E-state index contributed by atoms with van der Waals surface area (Å²) < 4.78 is 0. The molecule has 110 valence electrons. The molecule has 0 aliphatic carbocycles. The quantitative estimate of drug-likeness (QED) is 0.845. The van der Waals surface area contributed by atoms with E-state index in [9.17, 15) is 4.79 Å². The third kappa shape index (κ3) is 4.45. The van der Waals surface area contributed by atoms with Crippen molar-refractivity contribution in [2.45, 2.75) is 39.2 Å². The van der Waals surface area contributed by atoms with Gasteiger partial charge in [0.25, 0.3) is 0 Å². The first-order chi connectivity index (χ1) is 10.2. The van der Waals surface area contributed by atoms with Gasteiger partial charge in [-0.2, -0.15) is 0 Å². The first-order valence-electron chi connectivity index (χ1n) is 7.59. The topological polar surface area (TPSA) is 29.1 Å². The Bertz CT molecular complexity index is 560. The van der Waals surface area contributed by atoms with E-state index in [1.807, 2.05) is 30.3 Å². The molecule has 0 radical (unpaired) electrons. The highest BCUT2D eigenvalue weighted by Crippen LogP contribution is 2.21. The number of carbonyl (C=O) groups is 1. The van der Waals surface area contributed by atoms with Crippen LogP contribution in [-0.2, 0) is 11.3 Å². The van der Waals surface area contributed by atoms with Gasteiger partial charge in [0.05, 0.1) is 5.92 Å². The maximum atomic E-state index is 12.5. The summed E-state index contributed by atoms with van der Waals surface area (Å²) in [5.41, 5.74) is 3.47. The van der Waals surface area contributed by atoms with Crippen LogP contribution in [0.1, 0.15) is 42.4 Å². The van der Waals surface area contributed by atoms with Gasteiger partial charge in [-0.25, -0.2) is 0 Å². The average Bonchev–Trinajstić information content (AvgIpc) is 2.52. The number of aryl methyl sites for hydroxylation is 1. The molecule has 0 unspecified atom stereocenters.